The van der Waals surface area contributed by atoms with Gasteiger partial charge in [-0.25, -0.2) is 5.48 Å². The van der Waals surface area contributed by atoms with Crippen molar-refractivity contribution in [1.82, 2.24) is 10.8 Å². The summed E-state index contributed by atoms with van der Waals surface area (Å²) in [4.78, 5) is 23.2. The first-order valence-electron chi connectivity index (χ1n) is 7.06. The van der Waals surface area contributed by atoms with Crippen molar-refractivity contribution < 1.29 is 14.8 Å². The van der Waals surface area contributed by atoms with Crippen molar-refractivity contribution >= 4 is 11.7 Å². The Hall–Kier alpha value is -2.24. The second kappa shape index (κ2) is 8.92. The molecule has 0 aliphatic carbocycles. The van der Waals surface area contributed by atoms with E-state index in [1.54, 1.807) is 19.1 Å². The molecule has 0 saturated carbocycles. The fourth-order valence-electron chi connectivity index (χ4n) is 2.02. The highest BCUT2D eigenvalue weighted by Crippen LogP contribution is 2.13. The third-order valence-electron chi connectivity index (χ3n) is 3.15. The molecule has 0 radical (unpaired) electrons. The van der Waals surface area contributed by atoms with Crippen LogP contribution in [0.15, 0.2) is 48.1 Å². The van der Waals surface area contributed by atoms with E-state index in [1.807, 2.05) is 38.2 Å². The smallest absolute Gasteiger partial charge is 0.267 e. The van der Waals surface area contributed by atoms with Crippen LogP contribution in [-0.2, 0) is 11.3 Å². The Morgan fingerprint density at radius 1 is 1.23 bits per heavy atom. The number of benzene rings is 1. The number of allylic oxidation sites excluding steroid dienone is 3. The van der Waals surface area contributed by atoms with E-state index in [1.165, 1.54) is 11.6 Å². The molecule has 5 heteroatoms. The maximum atomic E-state index is 12.3. The Kier molecular flexibility index (Phi) is 7.22. The summed E-state index contributed by atoms with van der Waals surface area (Å²) in [6.07, 6.45) is 4.53. The maximum Gasteiger partial charge on any atom is 0.267 e. The predicted octanol–water partition coefficient (Wildman–Crippen LogP) is 2.23. The number of hydrogen-bond acceptors (Lipinski definition) is 4. The Morgan fingerprint density at radius 3 is 2.41 bits per heavy atom. The van der Waals surface area contributed by atoms with Gasteiger partial charge in [0, 0.05) is 24.1 Å². The number of carbonyl (C=O) groups excluding carboxylic acids is 2. The number of rotatable bonds is 7. The van der Waals surface area contributed by atoms with Gasteiger partial charge < -0.3 is 5.32 Å². The topological polar surface area (TPSA) is 78.4 Å². The zero-order valence-electron chi connectivity index (χ0n) is 13.1. The Labute approximate surface area is 130 Å². The van der Waals surface area contributed by atoms with E-state index >= 15 is 0 Å². The van der Waals surface area contributed by atoms with Gasteiger partial charge in [-0.3, -0.25) is 14.8 Å². The van der Waals surface area contributed by atoms with Crippen LogP contribution < -0.4 is 10.8 Å². The van der Waals surface area contributed by atoms with Crippen molar-refractivity contribution in [3.05, 3.63) is 59.2 Å². The molecular weight excluding hydrogens is 280 g/mol. The number of hydrogen-bond donors (Lipinski definition) is 3. The normalized spacial score (nSPS) is 13.2. The lowest BCUT2D eigenvalue weighted by atomic mass is 9.96. The molecule has 0 spiro atoms. The van der Waals surface area contributed by atoms with E-state index in [2.05, 4.69) is 5.32 Å². The van der Waals surface area contributed by atoms with Crippen molar-refractivity contribution in [3.8, 4) is 0 Å². The van der Waals surface area contributed by atoms with E-state index in [9.17, 15) is 9.59 Å². The van der Waals surface area contributed by atoms with Gasteiger partial charge in [-0.15, -0.1) is 0 Å². The summed E-state index contributed by atoms with van der Waals surface area (Å²) in [6, 6.07) is 7.50. The SMILES string of the molecule is CNCc1ccc(C(=O)[C@H](C)/C=C(C)/C=C/C(=O)NO)cc1. The summed E-state index contributed by atoms with van der Waals surface area (Å²) in [6.45, 7) is 4.37. The molecule has 0 saturated heterocycles. The third kappa shape index (κ3) is 5.63. The molecule has 0 heterocycles. The van der Waals surface area contributed by atoms with E-state index in [-0.39, 0.29) is 11.7 Å². The van der Waals surface area contributed by atoms with Gasteiger partial charge in [0.1, 0.15) is 0 Å². The lowest BCUT2D eigenvalue weighted by molar-refractivity contribution is -0.124. The average Bonchev–Trinajstić information content (AvgIpc) is 2.52. The summed E-state index contributed by atoms with van der Waals surface area (Å²) >= 11 is 0. The number of ketones is 1. The van der Waals surface area contributed by atoms with Crippen molar-refractivity contribution in [1.29, 1.82) is 0 Å². The second-order valence-electron chi connectivity index (χ2n) is 5.10. The fraction of sp³-hybridized carbons (Fsp3) is 0.294. The molecule has 22 heavy (non-hydrogen) atoms. The summed E-state index contributed by atoms with van der Waals surface area (Å²) in [7, 11) is 1.87. The summed E-state index contributed by atoms with van der Waals surface area (Å²) in [5.41, 5.74) is 4.07. The van der Waals surface area contributed by atoms with E-state index in [0.29, 0.717) is 5.56 Å². The number of nitrogens with one attached hydrogen (secondary N) is 2. The molecule has 0 fully saturated rings. The van der Waals surface area contributed by atoms with Crippen LogP contribution in [0.3, 0.4) is 0 Å². The van der Waals surface area contributed by atoms with Crippen molar-refractivity contribution in [2.45, 2.75) is 20.4 Å². The quantitative estimate of drug-likeness (QED) is 0.237. The van der Waals surface area contributed by atoms with Crippen LogP contribution in [0.2, 0.25) is 0 Å². The van der Waals surface area contributed by atoms with Gasteiger partial charge in [0.2, 0.25) is 0 Å². The largest absolute Gasteiger partial charge is 0.316 e. The molecular formula is C17H22N2O3. The van der Waals surface area contributed by atoms with Crippen LogP contribution in [-0.4, -0.2) is 23.9 Å². The first-order valence-corrected chi connectivity index (χ1v) is 7.06. The van der Waals surface area contributed by atoms with Gasteiger partial charge in [0.25, 0.3) is 5.91 Å². The molecule has 0 aliphatic heterocycles. The molecule has 118 valence electrons. The Balaban J connectivity index is 2.75. The Morgan fingerprint density at radius 2 is 1.86 bits per heavy atom. The first kappa shape index (κ1) is 17.8. The second-order valence-corrected chi connectivity index (χ2v) is 5.10. The van der Waals surface area contributed by atoms with Gasteiger partial charge in [0.15, 0.2) is 5.78 Å². The first-order chi connectivity index (χ1) is 10.5. The minimum absolute atomic E-state index is 0.0235. The summed E-state index contributed by atoms with van der Waals surface area (Å²) < 4.78 is 0. The molecule has 5 nitrogen and oxygen atoms in total. The van der Waals surface area contributed by atoms with Crippen LogP contribution >= 0.6 is 0 Å². The van der Waals surface area contributed by atoms with Crippen molar-refractivity contribution in [2.75, 3.05) is 7.05 Å². The van der Waals surface area contributed by atoms with Crippen LogP contribution in [0.4, 0.5) is 0 Å². The molecule has 1 amide bonds. The van der Waals surface area contributed by atoms with Gasteiger partial charge >= 0.3 is 0 Å². The molecule has 0 aromatic heterocycles. The molecule has 0 aliphatic rings. The highest BCUT2D eigenvalue weighted by Gasteiger charge is 2.12. The van der Waals surface area contributed by atoms with E-state index < -0.39 is 5.91 Å². The predicted molar refractivity (Wildman–Crippen MR) is 85.5 cm³/mol. The van der Waals surface area contributed by atoms with Crippen LogP contribution in [0.5, 0.6) is 0 Å². The minimum Gasteiger partial charge on any atom is -0.316 e. The Bertz CT molecular complexity index is 574. The number of amides is 1. The highest BCUT2D eigenvalue weighted by atomic mass is 16.5. The number of Topliss-reactive ketones (excluding diaryl/α,β-unsaturated/α-hetero) is 1. The van der Waals surface area contributed by atoms with Crippen molar-refractivity contribution in [2.24, 2.45) is 5.92 Å². The van der Waals surface area contributed by atoms with Crippen LogP contribution in [0.25, 0.3) is 0 Å². The summed E-state index contributed by atoms with van der Waals surface area (Å²) in [5, 5.41) is 11.5. The lowest BCUT2D eigenvalue weighted by Gasteiger charge is -2.08. The maximum absolute atomic E-state index is 12.3. The zero-order chi connectivity index (χ0) is 16.5. The van der Waals surface area contributed by atoms with Crippen LogP contribution in [0.1, 0.15) is 29.8 Å². The molecule has 1 aromatic carbocycles. The standard InChI is InChI=1S/C17H22N2O3/c1-12(4-9-16(20)19-22)10-13(2)17(21)15-7-5-14(6-8-15)11-18-3/h4-10,13,18,22H,11H2,1-3H3,(H,19,20)/b9-4+,12-10+/t13-/m1/s1. The zero-order valence-corrected chi connectivity index (χ0v) is 13.1. The molecule has 0 bridgehead atoms. The minimum atomic E-state index is -0.605. The van der Waals surface area contributed by atoms with Gasteiger partial charge in [-0.1, -0.05) is 48.9 Å². The molecule has 1 rings (SSSR count). The monoisotopic (exact) mass is 302 g/mol. The van der Waals surface area contributed by atoms with Gasteiger partial charge in [-0.05, 0) is 19.5 Å². The van der Waals surface area contributed by atoms with Crippen LogP contribution in [0, 0.1) is 5.92 Å². The van der Waals surface area contributed by atoms with Crippen molar-refractivity contribution in [3.63, 3.8) is 0 Å². The fourth-order valence-corrected chi connectivity index (χ4v) is 2.02. The van der Waals surface area contributed by atoms with E-state index in [4.69, 9.17) is 5.21 Å². The highest BCUT2D eigenvalue weighted by molar-refractivity contribution is 5.98. The number of hydroxylamine groups is 1. The van der Waals surface area contributed by atoms with E-state index in [0.717, 1.165) is 17.7 Å². The molecule has 1 aromatic rings. The average molecular weight is 302 g/mol. The molecule has 0 unspecified atom stereocenters. The van der Waals surface area contributed by atoms with Gasteiger partial charge in [-0.2, -0.15) is 0 Å². The number of carbonyl (C=O) groups is 2. The molecule has 3 N–H and O–H groups in total. The lowest BCUT2D eigenvalue weighted by Crippen LogP contribution is -2.15. The third-order valence-corrected chi connectivity index (χ3v) is 3.15. The molecule has 1 atom stereocenters. The summed E-state index contributed by atoms with van der Waals surface area (Å²) in [5.74, 6) is -0.876. The van der Waals surface area contributed by atoms with Gasteiger partial charge in [0.05, 0.1) is 0 Å².